The van der Waals surface area contributed by atoms with Crippen LogP contribution in [0.25, 0.3) is 6.08 Å². The van der Waals surface area contributed by atoms with Crippen molar-refractivity contribution in [2.24, 2.45) is 0 Å². The number of pyridine rings is 1. The number of carboxylic acid groups (broad SMARTS) is 1. The number of thioether (sulfide) groups is 2. The lowest BCUT2D eigenvalue weighted by atomic mass is 10.0. The summed E-state index contributed by atoms with van der Waals surface area (Å²) in [5.41, 5.74) is 2.55. The Kier molecular flexibility index (Phi) is 6.96. The minimum atomic E-state index is -1.12. The normalized spacial score (nSPS) is 20.1. The standard InChI is InChI=1S/C23H21N3O4S2/c27-18(11-15-5-2-1-3-6-15)25-19-21(28)26-20(23(29)30)17(14-32-22(19)26)13-31-10-8-16-7-4-9-24-12-16/h1-10,12,19,22H,11,13-14H2,(H,25,27)(H,29,30)/b10-8-/t19?,22-/m0/s1. The van der Waals surface area contributed by atoms with Gasteiger partial charge in [0.2, 0.25) is 5.91 Å². The summed E-state index contributed by atoms with van der Waals surface area (Å²) in [6.07, 6.45) is 5.52. The van der Waals surface area contributed by atoms with Gasteiger partial charge in [0.15, 0.2) is 0 Å². The molecular formula is C23H21N3O4S2. The lowest BCUT2D eigenvalue weighted by molar-refractivity contribution is -0.150. The molecule has 1 aromatic heterocycles. The smallest absolute Gasteiger partial charge is 0.352 e. The van der Waals surface area contributed by atoms with E-state index in [1.165, 1.54) is 28.4 Å². The molecule has 2 aromatic rings. The van der Waals surface area contributed by atoms with Crippen molar-refractivity contribution >= 4 is 47.4 Å². The first kappa shape index (κ1) is 22.2. The molecule has 0 spiro atoms. The van der Waals surface area contributed by atoms with Crippen LogP contribution in [0.5, 0.6) is 0 Å². The van der Waals surface area contributed by atoms with Crippen LogP contribution in [-0.4, -0.2) is 55.7 Å². The maximum atomic E-state index is 12.7. The predicted octanol–water partition coefficient (Wildman–Crippen LogP) is 2.77. The van der Waals surface area contributed by atoms with Crippen LogP contribution >= 0.6 is 23.5 Å². The van der Waals surface area contributed by atoms with Gasteiger partial charge in [-0.15, -0.1) is 23.5 Å². The molecule has 0 saturated carbocycles. The van der Waals surface area contributed by atoms with Gasteiger partial charge in [-0.2, -0.15) is 0 Å². The minimum absolute atomic E-state index is 0.0367. The van der Waals surface area contributed by atoms with Crippen molar-refractivity contribution in [3.63, 3.8) is 0 Å². The number of carbonyl (C=O) groups excluding carboxylic acids is 2. The van der Waals surface area contributed by atoms with Gasteiger partial charge in [-0.05, 0) is 34.3 Å². The van der Waals surface area contributed by atoms with Crippen LogP contribution < -0.4 is 5.32 Å². The van der Waals surface area contributed by atoms with Crippen molar-refractivity contribution in [1.82, 2.24) is 15.2 Å². The van der Waals surface area contributed by atoms with Crippen LogP contribution in [0.4, 0.5) is 0 Å². The minimum Gasteiger partial charge on any atom is -0.477 e. The van der Waals surface area contributed by atoms with Crippen LogP contribution in [0.1, 0.15) is 11.1 Å². The molecule has 0 radical (unpaired) electrons. The van der Waals surface area contributed by atoms with E-state index in [4.69, 9.17) is 0 Å². The summed E-state index contributed by atoms with van der Waals surface area (Å²) in [6, 6.07) is 12.3. The molecular weight excluding hydrogens is 446 g/mol. The zero-order valence-corrected chi connectivity index (χ0v) is 18.6. The van der Waals surface area contributed by atoms with Gasteiger partial charge < -0.3 is 10.4 Å². The van der Waals surface area contributed by atoms with E-state index < -0.39 is 17.4 Å². The number of carbonyl (C=O) groups is 3. The largest absolute Gasteiger partial charge is 0.477 e. The van der Waals surface area contributed by atoms with E-state index in [1.807, 2.05) is 53.9 Å². The number of β-lactam (4-membered cyclic amide) rings is 1. The quantitative estimate of drug-likeness (QED) is 0.576. The van der Waals surface area contributed by atoms with E-state index in [0.717, 1.165) is 11.1 Å². The van der Waals surface area contributed by atoms with E-state index >= 15 is 0 Å². The number of nitrogens with zero attached hydrogens (tertiary/aromatic N) is 2. The van der Waals surface area contributed by atoms with Gasteiger partial charge in [-0.3, -0.25) is 19.5 Å². The molecule has 32 heavy (non-hydrogen) atoms. The number of hydrogen-bond acceptors (Lipinski definition) is 6. The molecule has 2 atom stereocenters. The fourth-order valence-corrected chi connectivity index (χ4v) is 5.81. The van der Waals surface area contributed by atoms with Crippen molar-refractivity contribution in [3.05, 3.63) is 82.7 Å². The fourth-order valence-electron chi connectivity index (χ4n) is 3.55. The Balaban J connectivity index is 1.39. The number of nitrogens with one attached hydrogen (secondary N) is 1. The van der Waals surface area contributed by atoms with Gasteiger partial charge >= 0.3 is 5.97 Å². The molecule has 0 bridgehead atoms. The molecule has 4 rings (SSSR count). The number of aromatic nitrogens is 1. The molecule has 2 aliphatic heterocycles. The maximum absolute atomic E-state index is 12.7. The Bertz CT molecular complexity index is 1070. The zero-order valence-electron chi connectivity index (χ0n) is 17.0. The summed E-state index contributed by atoms with van der Waals surface area (Å²) < 4.78 is 0. The lowest BCUT2D eigenvalue weighted by Gasteiger charge is -2.49. The third kappa shape index (κ3) is 4.89. The number of benzene rings is 1. The van der Waals surface area contributed by atoms with E-state index in [9.17, 15) is 19.5 Å². The first-order valence-electron chi connectivity index (χ1n) is 9.96. The Morgan fingerprint density at radius 1 is 1.25 bits per heavy atom. The van der Waals surface area contributed by atoms with Crippen molar-refractivity contribution in [2.75, 3.05) is 11.5 Å². The first-order valence-corrected chi connectivity index (χ1v) is 12.1. The second kappa shape index (κ2) is 10.1. The molecule has 2 N–H and O–H groups in total. The van der Waals surface area contributed by atoms with Crippen LogP contribution in [0.3, 0.4) is 0 Å². The van der Waals surface area contributed by atoms with Crippen molar-refractivity contribution in [3.8, 4) is 0 Å². The van der Waals surface area contributed by atoms with Gasteiger partial charge in [0.05, 0.1) is 6.42 Å². The van der Waals surface area contributed by atoms with Gasteiger partial charge in [-0.25, -0.2) is 4.79 Å². The van der Waals surface area contributed by atoms with Gasteiger partial charge in [0.25, 0.3) is 5.91 Å². The Morgan fingerprint density at radius 2 is 2.06 bits per heavy atom. The number of fused-ring (bicyclic) bond motifs is 1. The third-order valence-electron chi connectivity index (χ3n) is 5.07. The molecule has 9 heteroatoms. The van der Waals surface area contributed by atoms with Gasteiger partial charge in [0.1, 0.15) is 17.1 Å². The highest BCUT2D eigenvalue weighted by Gasteiger charge is 2.54. The molecule has 1 saturated heterocycles. The van der Waals surface area contributed by atoms with Crippen molar-refractivity contribution < 1.29 is 19.5 Å². The molecule has 2 amide bonds. The average Bonchev–Trinajstić information content (AvgIpc) is 2.81. The summed E-state index contributed by atoms with van der Waals surface area (Å²) in [4.78, 5) is 42.4. The second-order valence-electron chi connectivity index (χ2n) is 7.27. The van der Waals surface area contributed by atoms with Gasteiger partial charge in [0, 0.05) is 23.9 Å². The molecule has 0 aliphatic carbocycles. The Labute approximate surface area is 194 Å². The number of hydrogen-bond donors (Lipinski definition) is 2. The van der Waals surface area contributed by atoms with E-state index in [0.29, 0.717) is 17.1 Å². The lowest BCUT2D eigenvalue weighted by Crippen LogP contribution is -2.70. The predicted molar refractivity (Wildman–Crippen MR) is 126 cm³/mol. The molecule has 2 aliphatic rings. The Morgan fingerprint density at radius 3 is 2.78 bits per heavy atom. The van der Waals surface area contributed by atoms with Gasteiger partial charge in [-0.1, -0.05) is 36.4 Å². The summed E-state index contributed by atoms with van der Waals surface area (Å²) >= 11 is 2.94. The topological polar surface area (TPSA) is 99.6 Å². The summed E-state index contributed by atoms with van der Waals surface area (Å²) in [6.45, 7) is 0. The highest BCUT2D eigenvalue weighted by atomic mass is 32.2. The second-order valence-corrected chi connectivity index (χ2v) is 9.27. The maximum Gasteiger partial charge on any atom is 0.352 e. The van der Waals surface area contributed by atoms with Crippen LogP contribution in [0, 0.1) is 0 Å². The number of carboxylic acids is 1. The number of aliphatic carboxylic acids is 1. The highest BCUT2D eigenvalue weighted by Crippen LogP contribution is 2.41. The molecule has 7 nitrogen and oxygen atoms in total. The fraction of sp³-hybridized carbons (Fsp3) is 0.217. The third-order valence-corrected chi connectivity index (χ3v) is 7.26. The molecule has 3 heterocycles. The van der Waals surface area contributed by atoms with Crippen molar-refractivity contribution in [2.45, 2.75) is 17.8 Å². The summed E-state index contributed by atoms with van der Waals surface area (Å²) in [5, 5.41) is 14.0. The molecule has 1 fully saturated rings. The van der Waals surface area contributed by atoms with Crippen LogP contribution in [0.2, 0.25) is 0 Å². The number of rotatable bonds is 8. The molecule has 164 valence electrons. The van der Waals surface area contributed by atoms with E-state index in [1.54, 1.807) is 12.4 Å². The molecule has 1 aromatic carbocycles. The summed E-state index contributed by atoms with van der Waals surface area (Å²) in [7, 11) is 0. The van der Waals surface area contributed by atoms with E-state index in [2.05, 4.69) is 10.3 Å². The monoisotopic (exact) mass is 467 g/mol. The van der Waals surface area contributed by atoms with Crippen molar-refractivity contribution in [1.29, 1.82) is 0 Å². The van der Waals surface area contributed by atoms with Crippen LogP contribution in [0.15, 0.2) is 71.5 Å². The first-order chi connectivity index (χ1) is 15.5. The molecule has 1 unspecified atom stereocenters. The highest BCUT2D eigenvalue weighted by molar-refractivity contribution is 8.02. The Hall–Kier alpha value is -3.04. The van der Waals surface area contributed by atoms with Crippen LogP contribution in [-0.2, 0) is 20.8 Å². The SMILES string of the molecule is O=C(Cc1ccccc1)NC1C(=O)N2C(C(=O)O)=C(CS/C=C\c3cccnc3)CS[C@@H]12. The number of amides is 2. The summed E-state index contributed by atoms with van der Waals surface area (Å²) in [5.74, 6) is -0.793. The zero-order chi connectivity index (χ0) is 22.5. The average molecular weight is 468 g/mol. The van der Waals surface area contributed by atoms with E-state index in [-0.39, 0.29) is 23.9 Å².